The lowest BCUT2D eigenvalue weighted by atomic mass is 9.99. The number of benzene rings is 2. The van der Waals surface area contributed by atoms with E-state index in [4.69, 9.17) is 11.5 Å². The molecule has 2 aromatic carbocycles. The Morgan fingerprint density at radius 1 is 0.507 bits per heavy atom. The van der Waals surface area contributed by atoms with Crippen LogP contribution in [0.25, 0.3) is 0 Å². The second-order valence-corrected chi connectivity index (χ2v) is 18.8. The van der Waals surface area contributed by atoms with Crippen LogP contribution in [-0.4, -0.2) is 132 Å². The van der Waals surface area contributed by atoms with Crippen molar-refractivity contribution in [1.82, 2.24) is 41.7 Å². The van der Waals surface area contributed by atoms with Crippen molar-refractivity contribution in [3.8, 4) is 0 Å². The lowest BCUT2D eigenvalue weighted by Gasteiger charge is -2.33. The van der Waals surface area contributed by atoms with Gasteiger partial charge < -0.3 is 53.2 Å². The van der Waals surface area contributed by atoms with E-state index in [-0.39, 0.29) is 64.2 Å². The number of nitrogens with zero attached hydrogens (tertiary/aromatic N) is 2. The highest BCUT2D eigenvalue weighted by Crippen LogP contribution is 2.23. The van der Waals surface area contributed by atoms with Crippen LogP contribution in [0, 0.1) is 11.8 Å². The average molecular weight is 929 g/mol. The van der Waals surface area contributed by atoms with Crippen molar-refractivity contribution in [2.45, 2.75) is 147 Å². The molecule has 67 heavy (non-hydrogen) atoms. The Kier molecular flexibility index (Phi) is 19.7. The van der Waals surface area contributed by atoms with E-state index in [1.165, 1.54) is 9.80 Å². The van der Waals surface area contributed by atoms with Crippen LogP contribution in [0.1, 0.15) is 96.6 Å². The van der Waals surface area contributed by atoms with Gasteiger partial charge in [0.15, 0.2) is 0 Å². The molecule has 0 aliphatic carbocycles. The normalized spacial score (nSPS) is 26.5. The van der Waals surface area contributed by atoms with Crippen LogP contribution >= 0.6 is 0 Å². The van der Waals surface area contributed by atoms with Crippen molar-refractivity contribution in [3.05, 3.63) is 71.8 Å². The first-order chi connectivity index (χ1) is 32.1. The highest BCUT2D eigenvalue weighted by Gasteiger charge is 2.43. The molecule has 0 spiro atoms. The van der Waals surface area contributed by atoms with Crippen molar-refractivity contribution in [1.29, 1.82) is 0 Å². The monoisotopic (exact) mass is 929 g/mol. The molecule has 18 heteroatoms. The van der Waals surface area contributed by atoms with Gasteiger partial charge in [-0.3, -0.25) is 38.4 Å². The van der Waals surface area contributed by atoms with Crippen LogP contribution < -0.4 is 43.4 Å². The van der Waals surface area contributed by atoms with E-state index in [2.05, 4.69) is 31.9 Å². The SMILES string of the molecule is CC(C)C[C@@H]1NC(=O)[C@H](CCCN)NC(=O)[C@@H]2CCCN2C(=O)[C@@H](Cc2ccccc2)NC(=O)[C@H](CCCN)NC(=O)[C@H](C(C)C)NC(=O)[C@@H]2CCCN2C(=O)[C@@H](Cc2ccccc2)NC1=O. The molecule has 3 fully saturated rings. The van der Waals surface area contributed by atoms with E-state index in [1.807, 2.05) is 74.5 Å². The minimum absolute atomic E-state index is 0.0716. The Labute approximate surface area is 394 Å². The minimum Gasteiger partial charge on any atom is -0.343 e. The first-order valence-corrected chi connectivity index (χ1v) is 24.0. The predicted octanol–water partition coefficient (Wildman–Crippen LogP) is 0.556. The van der Waals surface area contributed by atoms with Gasteiger partial charge in [-0.05, 0) is 93.8 Å². The summed E-state index contributed by atoms with van der Waals surface area (Å²) in [7, 11) is 0. The van der Waals surface area contributed by atoms with E-state index in [9.17, 15) is 38.4 Å². The Bertz CT molecular complexity index is 2020. The Morgan fingerprint density at radius 3 is 1.31 bits per heavy atom. The van der Waals surface area contributed by atoms with Crippen LogP contribution in [0.5, 0.6) is 0 Å². The van der Waals surface area contributed by atoms with Gasteiger partial charge in [0.2, 0.25) is 47.3 Å². The molecule has 8 amide bonds. The van der Waals surface area contributed by atoms with Crippen molar-refractivity contribution in [2.75, 3.05) is 26.2 Å². The maximum absolute atomic E-state index is 14.7. The fourth-order valence-corrected chi connectivity index (χ4v) is 9.12. The number of hydrogen-bond donors (Lipinski definition) is 8. The molecule has 3 aliphatic rings. The van der Waals surface area contributed by atoms with Crippen LogP contribution in [-0.2, 0) is 51.2 Å². The standard InChI is InChI=1S/C49H72N10O8/c1-30(2)27-36-44(62)56-38(29-33-17-9-6-10-18-33)49(67)59-26-14-22-40(59)46(64)57-41(31(3)4)47(65)53-35(20-12-24-51)43(61)55-37(28-32-15-7-5-8-16-32)48(66)58-25-13-21-39(58)45(63)52-34(19-11-23-50)42(60)54-36/h5-10,15-18,30-31,34-41H,11-14,19-29,50-51H2,1-4H3,(H,52,63)(H,53,65)(H,54,60)(H,55,61)(H,56,62)(H,57,64)/t34-,35-,36-,37+,38+,39-,40-,41-/m0/s1. The lowest BCUT2D eigenvalue weighted by molar-refractivity contribution is -0.143. The first-order valence-electron chi connectivity index (χ1n) is 24.0. The van der Waals surface area contributed by atoms with E-state index in [0.29, 0.717) is 38.5 Å². The van der Waals surface area contributed by atoms with Gasteiger partial charge in [0, 0.05) is 25.9 Å². The van der Waals surface area contributed by atoms with Gasteiger partial charge in [0.25, 0.3) is 0 Å². The van der Waals surface area contributed by atoms with Crippen molar-refractivity contribution < 1.29 is 38.4 Å². The van der Waals surface area contributed by atoms with Gasteiger partial charge in [-0.1, -0.05) is 88.4 Å². The summed E-state index contributed by atoms with van der Waals surface area (Å²) in [5, 5.41) is 17.2. The summed E-state index contributed by atoms with van der Waals surface area (Å²) >= 11 is 0. The van der Waals surface area contributed by atoms with Gasteiger partial charge >= 0.3 is 0 Å². The maximum Gasteiger partial charge on any atom is 0.246 e. The molecule has 0 saturated carbocycles. The van der Waals surface area contributed by atoms with E-state index in [0.717, 1.165) is 11.1 Å². The van der Waals surface area contributed by atoms with E-state index < -0.39 is 102 Å². The number of carbonyl (C=O) groups excluding carboxylic acids is 8. The summed E-state index contributed by atoms with van der Waals surface area (Å²) in [4.78, 5) is 118. The highest BCUT2D eigenvalue weighted by atomic mass is 16.2. The second kappa shape index (κ2) is 25.3. The van der Waals surface area contributed by atoms with Crippen LogP contribution in [0.3, 0.4) is 0 Å². The number of rotatable bonds is 13. The topological polar surface area (TPSA) is 267 Å². The zero-order chi connectivity index (χ0) is 48.6. The van der Waals surface area contributed by atoms with Gasteiger partial charge in [-0.2, -0.15) is 0 Å². The molecule has 0 aromatic heterocycles. The number of amides is 8. The molecule has 2 aromatic rings. The third kappa shape index (κ3) is 14.6. The van der Waals surface area contributed by atoms with E-state index >= 15 is 0 Å². The van der Waals surface area contributed by atoms with Crippen molar-refractivity contribution in [3.63, 3.8) is 0 Å². The van der Waals surface area contributed by atoms with Gasteiger partial charge in [-0.25, -0.2) is 0 Å². The molecular formula is C49H72N10O8. The molecule has 3 aliphatic heterocycles. The summed E-state index contributed by atoms with van der Waals surface area (Å²) in [5.41, 5.74) is 13.3. The number of hydrogen-bond acceptors (Lipinski definition) is 10. The summed E-state index contributed by atoms with van der Waals surface area (Å²) in [5.74, 6) is -5.22. The molecule has 3 heterocycles. The Morgan fingerprint density at radius 2 is 0.896 bits per heavy atom. The molecule has 10 N–H and O–H groups in total. The number of nitrogens with one attached hydrogen (secondary N) is 6. The summed E-state index contributed by atoms with van der Waals surface area (Å²) < 4.78 is 0. The molecule has 3 saturated heterocycles. The Hall–Kier alpha value is -5.88. The number of nitrogens with two attached hydrogens (primary N) is 2. The lowest BCUT2D eigenvalue weighted by Crippen LogP contribution is -2.62. The molecule has 5 rings (SSSR count). The molecular weight excluding hydrogens is 857 g/mol. The molecule has 8 atom stereocenters. The third-order valence-electron chi connectivity index (χ3n) is 12.7. The summed E-state index contributed by atoms with van der Waals surface area (Å²) in [6.07, 6.45) is 2.87. The van der Waals surface area contributed by atoms with Gasteiger partial charge in [0.05, 0.1) is 0 Å². The maximum atomic E-state index is 14.7. The number of carbonyl (C=O) groups is 8. The molecule has 366 valence electrons. The van der Waals surface area contributed by atoms with Crippen LogP contribution in [0.15, 0.2) is 60.7 Å². The zero-order valence-corrected chi connectivity index (χ0v) is 39.5. The van der Waals surface area contributed by atoms with Crippen LogP contribution in [0.2, 0.25) is 0 Å². The quantitative estimate of drug-likeness (QED) is 0.138. The van der Waals surface area contributed by atoms with Crippen LogP contribution in [0.4, 0.5) is 0 Å². The summed E-state index contributed by atoms with van der Waals surface area (Å²) in [6.45, 7) is 8.14. The molecule has 18 nitrogen and oxygen atoms in total. The molecule has 0 bridgehead atoms. The van der Waals surface area contributed by atoms with Gasteiger partial charge in [-0.15, -0.1) is 0 Å². The van der Waals surface area contributed by atoms with Crippen molar-refractivity contribution >= 4 is 47.3 Å². The fourth-order valence-electron chi connectivity index (χ4n) is 9.12. The first kappa shape index (κ1) is 52.1. The second-order valence-electron chi connectivity index (χ2n) is 18.8. The average Bonchev–Trinajstić information content (AvgIpc) is 4.01. The third-order valence-corrected chi connectivity index (χ3v) is 12.7. The smallest absolute Gasteiger partial charge is 0.246 e. The zero-order valence-electron chi connectivity index (χ0n) is 39.5. The van der Waals surface area contributed by atoms with E-state index in [1.54, 1.807) is 13.8 Å². The Balaban J connectivity index is 1.56. The fraction of sp³-hybridized carbons (Fsp3) is 0.592. The van der Waals surface area contributed by atoms with Gasteiger partial charge in [0.1, 0.15) is 48.3 Å². The predicted molar refractivity (Wildman–Crippen MR) is 252 cm³/mol. The summed E-state index contributed by atoms with van der Waals surface area (Å²) in [6, 6.07) is 9.41. The molecule has 0 radical (unpaired) electrons. The largest absolute Gasteiger partial charge is 0.343 e. The highest BCUT2D eigenvalue weighted by molar-refractivity contribution is 5.99. The number of fused-ring (bicyclic) bond motifs is 2. The van der Waals surface area contributed by atoms with Crippen molar-refractivity contribution in [2.24, 2.45) is 23.3 Å². The molecule has 0 unspecified atom stereocenters. The minimum atomic E-state index is -1.16.